The van der Waals surface area contributed by atoms with Gasteiger partial charge in [-0.2, -0.15) is 0 Å². The summed E-state index contributed by atoms with van der Waals surface area (Å²) < 4.78 is 5.53. The molecule has 1 heterocycles. The Morgan fingerprint density at radius 3 is 2.72 bits per heavy atom. The molecule has 2 atom stereocenters. The van der Waals surface area contributed by atoms with Crippen LogP contribution in [0.1, 0.15) is 42.3 Å². The van der Waals surface area contributed by atoms with E-state index in [9.17, 15) is 9.59 Å². The molecule has 0 radical (unpaired) electrons. The summed E-state index contributed by atoms with van der Waals surface area (Å²) >= 11 is 13.2. The SMILES string of the molecule is CC(C)(Cc1ccccc1Cl)C(Cl)c1ccc2c(c1)CO[C@H](CC(=O)O)C(=O)N2. The van der Waals surface area contributed by atoms with Gasteiger partial charge in [0, 0.05) is 16.3 Å². The first-order valence-corrected chi connectivity index (χ1v) is 10.1. The number of ether oxygens (including phenoxy) is 1. The van der Waals surface area contributed by atoms with E-state index in [0.717, 1.165) is 16.7 Å². The predicted octanol–water partition coefficient (Wildman–Crippen LogP) is 5.20. The highest BCUT2D eigenvalue weighted by molar-refractivity contribution is 6.31. The van der Waals surface area contributed by atoms with Crippen LogP contribution in [0.2, 0.25) is 5.02 Å². The van der Waals surface area contributed by atoms with Gasteiger partial charge in [0.05, 0.1) is 18.4 Å². The molecule has 1 unspecified atom stereocenters. The molecule has 5 nitrogen and oxygen atoms in total. The minimum absolute atomic E-state index is 0.133. The van der Waals surface area contributed by atoms with Crippen LogP contribution in [0.25, 0.3) is 0 Å². The normalized spacial score (nSPS) is 17.8. The molecule has 0 aliphatic carbocycles. The maximum absolute atomic E-state index is 12.2. The van der Waals surface area contributed by atoms with Crippen LogP contribution in [-0.2, 0) is 27.4 Å². The van der Waals surface area contributed by atoms with Gasteiger partial charge >= 0.3 is 5.97 Å². The number of hydrogen-bond acceptors (Lipinski definition) is 3. The Morgan fingerprint density at radius 1 is 1.31 bits per heavy atom. The van der Waals surface area contributed by atoms with E-state index in [1.165, 1.54) is 0 Å². The smallest absolute Gasteiger partial charge is 0.306 e. The van der Waals surface area contributed by atoms with Crippen LogP contribution in [0.5, 0.6) is 0 Å². The molecule has 1 amide bonds. The highest BCUT2D eigenvalue weighted by Crippen LogP contribution is 2.43. The van der Waals surface area contributed by atoms with Crippen molar-refractivity contribution in [2.45, 2.75) is 44.8 Å². The van der Waals surface area contributed by atoms with Crippen LogP contribution < -0.4 is 5.32 Å². The maximum atomic E-state index is 12.2. The number of hydrogen-bond donors (Lipinski definition) is 2. The molecule has 0 fully saturated rings. The van der Waals surface area contributed by atoms with E-state index in [1.54, 1.807) is 6.07 Å². The van der Waals surface area contributed by atoms with Crippen LogP contribution in [0.4, 0.5) is 5.69 Å². The van der Waals surface area contributed by atoms with Gasteiger partial charge < -0.3 is 15.2 Å². The van der Waals surface area contributed by atoms with Crippen LogP contribution in [-0.4, -0.2) is 23.1 Å². The lowest BCUT2D eigenvalue weighted by molar-refractivity contribution is -0.144. The Labute approximate surface area is 180 Å². The number of fused-ring (bicyclic) bond motifs is 1. The van der Waals surface area contributed by atoms with Crippen molar-refractivity contribution in [3.8, 4) is 0 Å². The minimum Gasteiger partial charge on any atom is -0.481 e. The molecule has 0 saturated carbocycles. The first-order chi connectivity index (χ1) is 13.7. The molecular formula is C22H23Cl2NO4. The Morgan fingerprint density at radius 2 is 2.03 bits per heavy atom. The molecule has 29 heavy (non-hydrogen) atoms. The van der Waals surface area contributed by atoms with Crippen molar-refractivity contribution < 1.29 is 19.4 Å². The Hall–Kier alpha value is -2.08. The second kappa shape index (κ2) is 8.74. The van der Waals surface area contributed by atoms with Crippen LogP contribution in [0.15, 0.2) is 42.5 Å². The summed E-state index contributed by atoms with van der Waals surface area (Å²) in [5, 5.41) is 12.1. The van der Waals surface area contributed by atoms with Gasteiger partial charge in [-0.3, -0.25) is 9.59 Å². The number of halogens is 2. The number of carboxylic acids is 1. The van der Waals surface area contributed by atoms with Crippen molar-refractivity contribution >= 4 is 40.8 Å². The van der Waals surface area contributed by atoms with Crippen LogP contribution >= 0.6 is 23.2 Å². The van der Waals surface area contributed by atoms with Crippen molar-refractivity contribution in [1.29, 1.82) is 0 Å². The molecule has 154 valence electrons. The quantitative estimate of drug-likeness (QED) is 0.611. The number of anilines is 1. The van der Waals surface area contributed by atoms with Crippen molar-refractivity contribution in [3.63, 3.8) is 0 Å². The van der Waals surface area contributed by atoms with E-state index in [2.05, 4.69) is 19.2 Å². The summed E-state index contributed by atoms with van der Waals surface area (Å²) in [6.45, 7) is 4.30. The number of carbonyl (C=O) groups is 2. The lowest BCUT2D eigenvalue weighted by Crippen LogP contribution is -2.30. The number of amides is 1. The van der Waals surface area contributed by atoms with Crippen molar-refractivity contribution in [2.75, 3.05) is 5.32 Å². The van der Waals surface area contributed by atoms with E-state index in [1.807, 2.05) is 36.4 Å². The minimum atomic E-state index is -1.08. The summed E-state index contributed by atoms with van der Waals surface area (Å²) in [6, 6.07) is 13.3. The third kappa shape index (κ3) is 5.10. The number of carbonyl (C=O) groups excluding carboxylic acids is 1. The zero-order valence-corrected chi connectivity index (χ0v) is 17.8. The average molecular weight is 436 g/mol. The fourth-order valence-electron chi connectivity index (χ4n) is 3.48. The number of carboxylic acid groups (broad SMARTS) is 1. The fraction of sp³-hybridized carbons (Fsp3) is 0.364. The van der Waals surface area contributed by atoms with Crippen LogP contribution in [0.3, 0.4) is 0 Å². The largest absolute Gasteiger partial charge is 0.481 e. The van der Waals surface area contributed by atoms with Gasteiger partial charge in [0.25, 0.3) is 5.91 Å². The van der Waals surface area contributed by atoms with Gasteiger partial charge in [-0.25, -0.2) is 0 Å². The van der Waals surface area contributed by atoms with E-state index in [-0.39, 0.29) is 23.8 Å². The topological polar surface area (TPSA) is 75.6 Å². The number of nitrogens with one attached hydrogen (secondary N) is 1. The lowest BCUT2D eigenvalue weighted by Gasteiger charge is -2.31. The summed E-state index contributed by atoms with van der Waals surface area (Å²) in [5.74, 6) is -1.54. The standard InChI is InChI=1S/C22H23Cl2NO4/c1-22(2,11-14-5-3-4-6-16(14)23)20(24)13-7-8-17-15(9-13)12-29-18(10-19(26)27)21(28)25-17/h3-9,18,20H,10-12H2,1-2H3,(H,25,28)(H,26,27)/t18-,20?/m1/s1. The number of benzene rings is 2. The van der Waals surface area contributed by atoms with Gasteiger partial charge in [0.2, 0.25) is 0 Å². The zero-order valence-electron chi connectivity index (χ0n) is 16.2. The van der Waals surface area contributed by atoms with E-state index in [0.29, 0.717) is 17.1 Å². The molecule has 0 aromatic heterocycles. The predicted molar refractivity (Wildman–Crippen MR) is 113 cm³/mol. The number of rotatable bonds is 6. The zero-order chi connectivity index (χ0) is 21.2. The second-order valence-electron chi connectivity index (χ2n) is 7.92. The van der Waals surface area contributed by atoms with Gasteiger partial charge in [-0.15, -0.1) is 11.6 Å². The van der Waals surface area contributed by atoms with Gasteiger partial charge in [-0.05, 0) is 41.2 Å². The third-order valence-corrected chi connectivity index (χ3v) is 6.27. The Bertz CT molecular complexity index is 929. The molecule has 1 aliphatic rings. The number of alkyl halides is 1. The third-order valence-electron chi connectivity index (χ3n) is 5.06. The molecule has 0 spiro atoms. The molecule has 1 aliphatic heterocycles. The van der Waals surface area contributed by atoms with Gasteiger partial charge in [0.1, 0.15) is 6.10 Å². The molecule has 3 rings (SSSR count). The van der Waals surface area contributed by atoms with Crippen molar-refractivity contribution in [2.24, 2.45) is 5.41 Å². The highest BCUT2D eigenvalue weighted by Gasteiger charge is 2.32. The molecule has 7 heteroatoms. The lowest BCUT2D eigenvalue weighted by atomic mass is 9.79. The summed E-state index contributed by atoms with van der Waals surface area (Å²) in [4.78, 5) is 23.1. The van der Waals surface area contributed by atoms with Crippen molar-refractivity contribution in [1.82, 2.24) is 0 Å². The summed E-state index contributed by atoms with van der Waals surface area (Å²) in [7, 11) is 0. The first-order valence-electron chi connectivity index (χ1n) is 9.32. The van der Waals surface area contributed by atoms with Crippen LogP contribution in [0, 0.1) is 5.41 Å². The maximum Gasteiger partial charge on any atom is 0.306 e. The average Bonchev–Trinajstić information content (AvgIpc) is 2.81. The van der Waals surface area contributed by atoms with Gasteiger partial charge in [0.15, 0.2) is 0 Å². The molecular weight excluding hydrogens is 413 g/mol. The fourth-order valence-corrected chi connectivity index (χ4v) is 3.89. The molecule has 0 bridgehead atoms. The summed E-state index contributed by atoms with van der Waals surface area (Å²) in [5.41, 5.74) is 3.02. The summed E-state index contributed by atoms with van der Waals surface area (Å²) in [6.07, 6.45) is -0.701. The van der Waals surface area contributed by atoms with E-state index in [4.69, 9.17) is 33.0 Å². The number of aliphatic carboxylic acids is 1. The van der Waals surface area contributed by atoms with E-state index >= 15 is 0 Å². The molecule has 2 N–H and O–H groups in total. The molecule has 0 saturated heterocycles. The molecule has 2 aromatic rings. The molecule has 2 aromatic carbocycles. The second-order valence-corrected chi connectivity index (χ2v) is 8.77. The van der Waals surface area contributed by atoms with E-state index < -0.39 is 18.0 Å². The first kappa shape index (κ1) is 21.6. The Balaban J connectivity index is 1.80. The van der Waals surface area contributed by atoms with Gasteiger partial charge in [-0.1, -0.05) is 49.7 Å². The highest BCUT2D eigenvalue weighted by atomic mass is 35.5. The van der Waals surface area contributed by atoms with Crippen molar-refractivity contribution in [3.05, 3.63) is 64.2 Å². The monoisotopic (exact) mass is 435 g/mol. The Kier molecular flexibility index (Phi) is 6.52.